The van der Waals surface area contributed by atoms with Crippen LogP contribution in [0.2, 0.25) is 0 Å². The molecule has 0 saturated heterocycles. The number of ether oxygens (including phenoxy) is 2. The number of nitrogens with one attached hydrogen (secondary N) is 1. The first-order valence-electron chi connectivity index (χ1n) is 6.14. The summed E-state index contributed by atoms with van der Waals surface area (Å²) in [5.74, 6) is 1.97. The third-order valence-corrected chi connectivity index (χ3v) is 3.81. The lowest BCUT2D eigenvalue weighted by Gasteiger charge is -2.30. The van der Waals surface area contributed by atoms with Crippen LogP contribution in [0.15, 0.2) is 29.3 Å². The molecule has 5 nitrogen and oxygen atoms in total. The van der Waals surface area contributed by atoms with Crippen molar-refractivity contribution in [1.82, 2.24) is 5.32 Å². The summed E-state index contributed by atoms with van der Waals surface area (Å²) in [7, 11) is 0. The van der Waals surface area contributed by atoms with Crippen molar-refractivity contribution in [2.75, 3.05) is 12.3 Å². The van der Waals surface area contributed by atoms with E-state index >= 15 is 0 Å². The van der Waals surface area contributed by atoms with Crippen LogP contribution in [0.4, 0.5) is 0 Å². The Morgan fingerprint density at radius 1 is 1.37 bits per heavy atom. The molecule has 0 unspecified atom stereocenters. The van der Waals surface area contributed by atoms with Gasteiger partial charge in [-0.25, -0.2) is 0 Å². The molecule has 0 bridgehead atoms. The molecule has 0 spiro atoms. The number of hydrogen-bond donors (Lipinski definition) is 1. The monoisotopic (exact) mass is 278 g/mol. The number of thioether (sulfide) groups is 1. The molecule has 1 amide bonds. The number of hydrogen-bond acceptors (Lipinski definition) is 5. The lowest BCUT2D eigenvalue weighted by atomic mass is 10.1. The van der Waals surface area contributed by atoms with E-state index in [0.29, 0.717) is 16.7 Å². The normalized spacial score (nSPS) is 24.8. The van der Waals surface area contributed by atoms with Crippen molar-refractivity contribution >= 4 is 22.8 Å². The highest BCUT2D eigenvalue weighted by Gasteiger charge is 2.34. The molecule has 0 saturated carbocycles. The first kappa shape index (κ1) is 12.3. The van der Waals surface area contributed by atoms with Crippen LogP contribution in [0.1, 0.15) is 6.92 Å². The van der Waals surface area contributed by atoms with Crippen molar-refractivity contribution < 1.29 is 14.3 Å². The largest absolute Gasteiger partial charge is 0.482 e. The zero-order valence-electron chi connectivity index (χ0n) is 10.5. The molecule has 1 aromatic rings. The van der Waals surface area contributed by atoms with Crippen LogP contribution in [0.5, 0.6) is 11.5 Å². The lowest BCUT2D eigenvalue weighted by molar-refractivity contribution is -0.131. The van der Waals surface area contributed by atoms with Crippen LogP contribution < -0.4 is 14.8 Å². The van der Waals surface area contributed by atoms with Crippen molar-refractivity contribution in [3.05, 3.63) is 24.3 Å². The van der Waals surface area contributed by atoms with Crippen molar-refractivity contribution in [2.24, 2.45) is 4.99 Å². The molecule has 1 N–H and O–H groups in total. The minimum absolute atomic E-state index is 0.213. The topological polar surface area (TPSA) is 59.9 Å². The highest BCUT2D eigenvalue weighted by molar-refractivity contribution is 8.14. The molecule has 0 radical (unpaired) electrons. The lowest BCUT2D eigenvalue weighted by Crippen LogP contribution is -2.49. The van der Waals surface area contributed by atoms with E-state index in [4.69, 9.17) is 9.47 Å². The summed E-state index contributed by atoms with van der Waals surface area (Å²) in [5, 5.41) is 3.45. The van der Waals surface area contributed by atoms with Crippen molar-refractivity contribution in [2.45, 2.75) is 19.1 Å². The third kappa shape index (κ3) is 2.53. The second-order valence-electron chi connectivity index (χ2n) is 4.33. The predicted molar refractivity (Wildman–Crippen MR) is 73.9 cm³/mol. The van der Waals surface area contributed by atoms with Gasteiger partial charge in [0, 0.05) is 5.75 Å². The van der Waals surface area contributed by atoms with E-state index < -0.39 is 6.10 Å². The Labute approximate surface area is 115 Å². The summed E-state index contributed by atoms with van der Waals surface area (Å²) in [6, 6.07) is 7.35. The Bertz CT molecular complexity index is 532. The number of amides is 1. The zero-order chi connectivity index (χ0) is 13.2. The Hall–Kier alpha value is -1.69. The van der Waals surface area contributed by atoms with Gasteiger partial charge in [0.25, 0.3) is 5.91 Å². The SMILES string of the molecule is C[C@@H]1Oc2ccccc2O[C@H]1C(=O)NC1=NCCS1. The average Bonchev–Trinajstić information content (AvgIpc) is 2.90. The first-order chi connectivity index (χ1) is 9.24. The molecular formula is C13H14N2O3S. The van der Waals surface area contributed by atoms with Gasteiger partial charge in [-0.1, -0.05) is 23.9 Å². The minimum Gasteiger partial charge on any atom is -0.482 e. The summed E-state index contributed by atoms with van der Waals surface area (Å²) in [4.78, 5) is 16.4. The molecule has 2 aliphatic rings. The summed E-state index contributed by atoms with van der Waals surface area (Å²) in [5.41, 5.74) is 0. The second kappa shape index (κ2) is 5.13. The number of fused-ring (bicyclic) bond motifs is 1. The van der Waals surface area contributed by atoms with Gasteiger partial charge in [-0.3, -0.25) is 9.79 Å². The van der Waals surface area contributed by atoms with E-state index in [2.05, 4.69) is 10.3 Å². The number of benzene rings is 1. The summed E-state index contributed by atoms with van der Waals surface area (Å²) in [6.45, 7) is 2.57. The van der Waals surface area contributed by atoms with Gasteiger partial charge in [0.05, 0.1) is 6.54 Å². The van der Waals surface area contributed by atoms with Crippen molar-refractivity contribution in [3.8, 4) is 11.5 Å². The van der Waals surface area contributed by atoms with Crippen LogP contribution in [-0.2, 0) is 4.79 Å². The minimum atomic E-state index is -0.654. The fourth-order valence-corrected chi connectivity index (χ4v) is 2.72. The van der Waals surface area contributed by atoms with Crippen LogP contribution >= 0.6 is 11.8 Å². The number of carbonyl (C=O) groups excluding carboxylic acids is 1. The molecule has 3 rings (SSSR count). The van der Waals surface area contributed by atoms with Gasteiger partial charge in [-0.15, -0.1) is 0 Å². The fraction of sp³-hybridized carbons (Fsp3) is 0.385. The molecule has 100 valence electrons. The molecule has 0 fully saturated rings. The predicted octanol–water partition coefficient (Wildman–Crippen LogP) is 1.43. The molecule has 0 aliphatic carbocycles. The summed E-state index contributed by atoms with van der Waals surface area (Å²) < 4.78 is 11.4. The van der Waals surface area contributed by atoms with Crippen LogP contribution in [0.25, 0.3) is 0 Å². The highest BCUT2D eigenvalue weighted by atomic mass is 32.2. The zero-order valence-corrected chi connectivity index (χ0v) is 11.3. The number of aliphatic imine (C=N–C) groups is 1. The molecule has 6 heteroatoms. The number of para-hydroxylation sites is 2. The number of amidine groups is 1. The second-order valence-corrected chi connectivity index (χ2v) is 5.42. The van der Waals surface area contributed by atoms with E-state index in [9.17, 15) is 4.79 Å². The van der Waals surface area contributed by atoms with E-state index in [0.717, 1.165) is 12.3 Å². The first-order valence-corrected chi connectivity index (χ1v) is 7.13. The van der Waals surface area contributed by atoms with Crippen LogP contribution in [-0.4, -0.2) is 35.6 Å². The maximum absolute atomic E-state index is 12.2. The molecule has 2 atom stereocenters. The Balaban J connectivity index is 1.73. The third-order valence-electron chi connectivity index (χ3n) is 2.92. The van der Waals surface area contributed by atoms with Crippen molar-refractivity contribution in [3.63, 3.8) is 0 Å². The smallest absolute Gasteiger partial charge is 0.270 e. The molecule has 2 aliphatic heterocycles. The summed E-state index contributed by atoms with van der Waals surface area (Å²) >= 11 is 1.54. The molecule has 2 heterocycles. The van der Waals surface area contributed by atoms with Gasteiger partial charge >= 0.3 is 0 Å². The number of rotatable bonds is 1. The van der Waals surface area contributed by atoms with E-state index in [1.54, 1.807) is 17.8 Å². The molecule has 1 aromatic carbocycles. The van der Waals surface area contributed by atoms with Gasteiger partial charge in [-0.2, -0.15) is 0 Å². The standard InChI is InChI=1S/C13H14N2O3S/c1-8-11(12(16)15-13-14-6-7-19-13)18-10-5-3-2-4-9(10)17-8/h2-5,8,11H,6-7H2,1H3,(H,14,15,16)/t8-,11+/m0/s1. The number of nitrogens with zero attached hydrogens (tertiary/aromatic N) is 1. The Morgan fingerprint density at radius 2 is 2.11 bits per heavy atom. The molecule has 19 heavy (non-hydrogen) atoms. The average molecular weight is 278 g/mol. The van der Waals surface area contributed by atoms with Gasteiger partial charge in [0.2, 0.25) is 6.10 Å². The summed E-state index contributed by atoms with van der Waals surface area (Å²) in [6.07, 6.45) is -0.985. The maximum Gasteiger partial charge on any atom is 0.270 e. The quantitative estimate of drug-likeness (QED) is 0.844. The van der Waals surface area contributed by atoms with Crippen molar-refractivity contribution in [1.29, 1.82) is 0 Å². The Kier molecular flexibility index (Phi) is 3.33. The van der Waals surface area contributed by atoms with E-state index in [-0.39, 0.29) is 12.0 Å². The molecule has 0 aromatic heterocycles. The number of carbonyl (C=O) groups is 1. The van der Waals surface area contributed by atoms with Crippen LogP contribution in [0.3, 0.4) is 0 Å². The van der Waals surface area contributed by atoms with E-state index in [1.807, 2.05) is 25.1 Å². The highest BCUT2D eigenvalue weighted by Crippen LogP contribution is 2.33. The van der Waals surface area contributed by atoms with E-state index in [1.165, 1.54) is 0 Å². The fourth-order valence-electron chi connectivity index (χ4n) is 1.99. The molecular weight excluding hydrogens is 264 g/mol. The maximum atomic E-state index is 12.2. The van der Waals surface area contributed by atoms with Gasteiger partial charge in [-0.05, 0) is 19.1 Å². The van der Waals surface area contributed by atoms with Crippen LogP contribution in [0, 0.1) is 0 Å². The van der Waals surface area contributed by atoms with Gasteiger partial charge in [0.1, 0.15) is 6.10 Å². The Morgan fingerprint density at radius 3 is 2.79 bits per heavy atom. The van der Waals surface area contributed by atoms with Gasteiger partial charge < -0.3 is 14.8 Å². The van der Waals surface area contributed by atoms with Gasteiger partial charge in [0.15, 0.2) is 16.7 Å².